The van der Waals surface area contributed by atoms with E-state index in [0.717, 1.165) is 5.56 Å². The fourth-order valence-corrected chi connectivity index (χ4v) is 2.74. The van der Waals surface area contributed by atoms with Crippen molar-refractivity contribution < 1.29 is 9.47 Å². The van der Waals surface area contributed by atoms with E-state index in [1.54, 1.807) is 14.2 Å². The number of anilines is 1. The molecule has 0 saturated heterocycles. The largest absolute Gasteiger partial charge is 0.493 e. The Labute approximate surface area is 156 Å². The van der Waals surface area contributed by atoms with Gasteiger partial charge in [-0.1, -0.05) is 6.07 Å². The normalized spacial score (nSPS) is 11.0. The van der Waals surface area contributed by atoms with Gasteiger partial charge in [0.2, 0.25) is 5.95 Å². The van der Waals surface area contributed by atoms with Crippen molar-refractivity contribution in [3.8, 4) is 17.3 Å². The minimum Gasteiger partial charge on any atom is -0.493 e. The fourth-order valence-electron chi connectivity index (χ4n) is 2.74. The Balaban J connectivity index is 1.98. The van der Waals surface area contributed by atoms with E-state index < -0.39 is 0 Å². The molecule has 0 aliphatic heterocycles. The SMILES string of the molecule is COc1ccc(Cc2nc(N)nn2-c2cc(=O)n(C(C)C)cn2)cc1OC. The summed E-state index contributed by atoms with van der Waals surface area (Å²) in [6, 6.07) is 7.02. The molecule has 0 saturated carbocycles. The van der Waals surface area contributed by atoms with E-state index >= 15 is 0 Å². The summed E-state index contributed by atoms with van der Waals surface area (Å²) in [5, 5.41) is 4.19. The first kappa shape index (κ1) is 18.4. The van der Waals surface area contributed by atoms with Crippen LogP contribution in [0.15, 0.2) is 35.4 Å². The number of nitrogens with zero attached hydrogens (tertiary/aromatic N) is 5. The molecule has 0 bridgehead atoms. The molecular weight excluding hydrogens is 348 g/mol. The molecule has 27 heavy (non-hydrogen) atoms. The minimum absolute atomic E-state index is 0.0195. The molecule has 2 heterocycles. The maximum absolute atomic E-state index is 12.3. The molecule has 0 atom stereocenters. The molecule has 0 aliphatic rings. The standard InChI is InChI=1S/C18H22N6O3/c1-11(2)23-10-20-15(9-17(23)25)24-16(21-18(19)22-24)8-12-5-6-13(26-3)14(7-12)27-4/h5-7,9-11H,8H2,1-4H3,(H2,19,22). The molecule has 2 aromatic heterocycles. The summed E-state index contributed by atoms with van der Waals surface area (Å²) in [4.78, 5) is 20.9. The average Bonchev–Trinajstić information content (AvgIpc) is 3.01. The predicted molar refractivity (Wildman–Crippen MR) is 101 cm³/mol. The second kappa shape index (κ2) is 7.48. The van der Waals surface area contributed by atoms with Crippen LogP contribution in [0.1, 0.15) is 31.3 Å². The van der Waals surface area contributed by atoms with E-state index in [9.17, 15) is 4.79 Å². The number of rotatable bonds is 6. The van der Waals surface area contributed by atoms with Gasteiger partial charge in [0.15, 0.2) is 17.3 Å². The molecule has 0 unspecified atom stereocenters. The Morgan fingerprint density at radius 2 is 1.89 bits per heavy atom. The molecule has 0 radical (unpaired) electrons. The van der Waals surface area contributed by atoms with E-state index in [1.807, 2.05) is 32.0 Å². The minimum atomic E-state index is -0.166. The van der Waals surface area contributed by atoms with Crippen molar-refractivity contribution in [2.75, 3.05) is 20.0 Å². The number of hydrogen-bond donors (Lipinski definition) is 1. The Hall–Kier alpha value is -3.36. The zero-order valence-corrected chi connectivity index (χ0v) is 15.7. The monoisotopic (exact) mass is 370 g/mol. The second-order valence-corrected chi connectivity index (χ2v) is 6.25. The highest BCUT2D eigenvalue weighted by atomic mass is 16.5. The zero-order chi connectivity index (χ0) is 19.6. The second-order valence-electron chi connectivity index (χ2n) is 6.25. The molecule has 3 aromatic rings. The third-order valence-corrected chi connectivity index (χ3v) is 4.10. The van der Waals surface area contributed by atoms with Crippen LogP contribution in [0.2, 0.25) is 0 Å². The van der Waals surface area contributed by atoms with Gasteiger partial charge in [-0.05, 0) is 31.5 Å². The van der Waals surface area contributed by atoms with Crippen molar-refractivity contribution in [3.63, 3.8) is 0 Å². The van der Waals surface area contributed by atoms with Crippen molar-refractivity contribution in [1.82, 2.24) is 24.3 Å². The van der Waals surface area contributed by atoms with Gasteiger partial charge in [-0.2, -0.15) is 9.67 Å². The molecule has 0 spiro atoms. The third-order valence-electron chi connectivity index (χ3n) is 4.10. The van der Waals surface area contributed by atoms with Gasteiger partial charge in [0.05, 0.1) is 14.2 Å². The Kier molecular flexibility index (Phi) is 5.11. The lowest BCUT2D eigenvalue weighted by Crippen LogP contribution is -2.23. The van der Waals surface area contributed by atoms with E-state index in [-0.39, 0.29) is 17.5 Å². The number of ether oxygens (including phenoxy) is 2. The average molecular weight is 370 g/mol. The molecule has 142 valence electrons. The molecule has 9 heteroatoms. The number of hydrogen-bond acceptors (Lipinski definition) is 7. The first-order chi connectivity index (χ1) is 12.9. The first-order valence-electron chi connectivity index (χ1n) is 8.43. The van der Waals surface area contributed by atoms with Crippen molar-refractivity contribution >= 4 is 5.95 Å². The number of nitrogens with two attached hydrogens (primary N) is 1. The number of methoxy groups -OCH3 is 2. The zero-order valence-electron chi connectivity index (χ0n) is 15.7. The van der Waals surface area contributed by atoms with Crippen LogP contribution < -0.4 is 20.8 Å². The summed E-state index contributed by atoms with van der Waals surface area (Å²) in [5.74, 6) is 2.30. The van der Waals surface area contributed by atoms with Gasteiger partial charge in [0.1, 0.15) is 12.2 Å². The molecule has 1 aromatic carbocycles. The number of benzene rings is 1. The van der Waals surface area contributed by atoms with Gasteiger partial charge in [0.25, 0.3) is 5.56 Å². The maximum atomic E-state index is 12.3. The van der Waals surface area contributed by atoms with Crippen LogP contribution in [-0.4, -0.2) is 38.5 Å². The lowest BCUT2D eigenvalue weighted by molar-refractivity contribution is 0.354. The molecule has 0 amide bonds. The summed E-state index contributed by atoms with van der Waals surface area (Å²) in [7, 11) is 3.16. The van der Waals surface area contributed by atoms with Crippen LogP contribution in [-0.2, 0) is 6.42 Å². The van der Waals surface area contributed by atoms with Gasteiger partial charge < -0.3 is 15.2 Å². The van der Waals surface area contributed by atoms with E-state index in [1.165, 1.54) is 21.6 Å². The highest BCUT2D eigenvalue weighted by Crippen LogP contribution is 2.28. The van der Waals surface area contributed by atoms with Gasteiger partial charge >= 0.3 is 0 Å². The van der Waals surface area contributed by atoms with Crippen LogP contribution in [0.3, 0.4) is 0 Å². The molecule has 0 aliphatic carbocycles. The summed E-state index contributed by atoms with van der Waals surface area (Å²) in [5.41, 5.74) is 6.55. The van der Waals surface area contributed by atoms with Crippen molar-refractivity contribution in [2.24, 2.45) is 0 Å². The lowest BCUT2D eigenvalue weighted by Gasteiger charge is -2.11. The Morgan fingerprint density at radius 3 is 2.52 bits per heavy atom. The van der Waals surface area contributed by atoms with E-state index in [4.69, 9.17) is 15.2 Å². The Bertz CT molecular complexity index is 1010. The third kappa shape index (κ3) is 3.76. The van der Waals surface area contributed by atoms with Crippen LogP contribution >= 0.6 is 0 Å². The van der Waals surface area contributed by atoms with Crippen molar-refractivity contribution in [3.05, 3.63) is 52.3 Å². The van der Waals surface area contributed by atoms with Crippen LogP contribution in [0.4, 0.5) is 5.95 Å². The maximum Gasteiger partial charge on any atom is 0.255 e. The van der Waals surface area contributed by atoms with Gasteiger partial charge in [0, 0.05) is 18.5 Å². The van der Waals surface area contributed by atoms with Gasteiger partial charge in [-0.3, -0.25) is 9.36 Å². The molecule has 0 fully saturated rings. The molecule has 3 rings (SSSR count). The summed E-state index contributed by atoms with van der Waals surface area (Å²) >= 11 is 0. The van der Waals surface area contributed by atoms with Gasteiger partial charge in [-0.25, -0.2) is 4.98 Å². The smallest absolute Gasteiger partial charge is 0.255 e. The quantitative estimate of drug-likeness (QED) is 0.701. The summed E-state index contributed by atoms with van der Waals surface area (Å²) in [6.07, 6.45) is 1.93. The molecule has 9 nitrogen and oxygen atoms in total. The number of nitrogen functional groups attached to an aromatic ring is 1. The van der Waals surface area contributed by atoms with Gasteiger partial charge in [-0.15, -0.1) is 5.10 Å². The highest BCUT2D eigenvalue weighted by Gasteiger charge is 2.15. The Morgan fingerprint density at radius 1 is 1.15 bits per heavy atom. The van der Waals surface area contributed by atoms with E-state index in [0.29, 0.717) is 29.6 Å². The van der Waals surface area contributed by atoms with Crippen LogP contribution in [0.5, 0.6) is 11.5 Å². The van der Waals surface area contributed by atoms with Crippen molar-refractivity contribution in [1.29, 1.82) is 0 Å². The van der Waals surface area contributed by atoms with Crippen LogP contribution in [0.25, 0.3) is 5.82 Å². The summed E-state index contributed by atoms with van der Waals surface area (Å²) < 4.78 is 13.6. The highest BCUT2D eigenvalue weighted by molar-refractivity contribution is 5.44. The summed E-state index contributed by atoms with van der Waals surface area (Å²) in [6.45, 7) is 3.83. The van der Waals surface area contributed by atoms with Crippen molar-refractivity contribution in [2.45, 2.75) is 26.3 Å². The van der Waals surface area contributed by atoms with E-state index in [2.05, 4.69) is 15.1 Å². The lowest BCUT2D eigenvalue weighted by atomic mass is 10.1. The molecule has 2 N–H and O–H groups in total. The van der Waals surface area contributed by atoms with Crippen LogP contribution in [0, 0.1) is 0 Å². The predicted octanol–water partition coefficient (Wildman–Crippen LogP) is 1.60. The molecular formula is C18H22N6O3. The number of aromatic nitrogens is 5. The fraction of sp³-hybridized carbons (Fsp3) is 0.333. The first-order valence-corrected chi connectivity index (χ1v) is 8.43. The topological polar surface area (TPSA) is 110 Å².